The first-order chi connectivity index (χ1) is 6.56. The Bertz CT molecular complexity index is 285. The molecule has 1 rings (SSSR count). The van der Waals surface area contributed by atoms with E-state index in [0.717, 1.165) is 12.7 Å². The summed E-state index contributed by atoms with van der Waals surface area (Å²) in [5.41, 5.74) is -0.580. The molecule has 0 radical (unpaired) electrons. The fourth-order valence-electron chi connectivity index (χ4n) is 1.15. The van der Waals surface area contributed by atoms with Gasteiger partial charge < -0.3 is 10.4 Å². The van der Waals surface area contributed by atoms with Gasteiger partial charge in [0.1, 0.15) is 11.4 Å². The number of nitrogens with one attached hydrogen (secondary N) is 1. The molecule has 1 heterocycles. The number of nitrogens with zero attached hydrogens (tertiary/aromatic N) is 1. The van der Waals surface area contributed by atoms with E-state index in [0.29, 0.717) is 12.2 Å². The van der Waals surface area contributed by atoms with Gasteiger partial charge in [0, 0.05) is 6.54 Å². The summed E-state index contributed by atoms with van der Waals surface area (Å²) < 4.78 is 12.6. The first-order valence-corrected chi connectivity index (χ1v) is 4.61. The summed E-state index contributed by atoms with van der Waals surface area (Å²) in [4.78, 5) is 3.84. The zero-order chi connectivity index (χ0) is 10.6. The van der Waals surface area contributed by atoms with Crippen LogP contribution in [0.25, 0.3) is 0 Å². The van der Waals surface area contributed by atoms with Gasteiger partial charge in [0.05, 0.1) is 11.9 Å². The highest BCUT2D eigenvalue weighted by atomic mass is 19.1. The van der Waals surface area contributed by atoms with E-state index >= 15 is 0 Å². The molecule has 1 aromatic heterocycles. The van der Waals surface area contributed by atoms with E-state index in [2.05, 4.69) is 10.3 Å². The molecule has 0 bridgehead atoms. The monoisotopic (exact) mass is 198 g/mol. The number of likely N-dealkylation sites (N-methyl/N-ethyl adjacent to an activating group) is 1. The van der Waals surface area contributed by atoms with Crippen LogP contribution in [0.15, 0.2) is 18.3 Å². The molecule has 0 aliphatic heterocycles. The minimum absolute atomic E-state index is 0.395. The molecule has 1 atom stereocenters. The smallest absolute Gasteiger partial charge is 0.141 e. The molecule has 1 unspecified atom stereocenters. The average molecular weight is 198 g/mol. The molecular weight excluding hydrogens is 183 g/mol. The van der Waals surface area contributed by atoms with Crippen molar-refractivity contribution in [3.05, 3.63) is 29.8 Å². The fraction of sp³-hybridized carbons (Fsp3) is 0.500. The zero-order valence-corrected chi connectivity index (χ0v) is 8.42. The number of hydrogen-bond acceptors (Lipinski definition) is 3. The minimum atomic E-state index is -1.05. The van der Waals surface area contributed by atoms with Crippen molar-refractivity contribution in [2.24, 2.45) is 0 Å². The first kappa shape index (κ1) is 11.1. The highest BCUT2D eigenvalue weighted by molar-refractivity contribution is 5.13. The van der Waals surface area contributed by atoms with Crippen LogP contribution in [0.2, 0.25) is 0 Å². The van der Waals surface area contributed by atoms with Crippen molar-refractivity contribution in [3.63, 3.8) is 0 Å². The van der Waals surface area contributed by atoms with E-state index in [1.165, 1.54) is 12.1 Å². The van der Waals surface area contributed by atoms with Gasteiger partial charge in [0.2, 0.25) is 0 Å². The quantitative estimate of drug-likeness (QED) is 0.759. The van der Waals surface area contributed by atoms with Crippen LogP contribution >= 0.6 is 0 Å². The first-order valence-electron chi connectivity index (χ1n) is 4.61. The Labute approximate surface area is 83.0 Å². The molecule has 0 amide bonds. The molecule has 0 fully saturated rings. The van der Waals surface area contributed by atoms with E-state index in [4.69, 9.17) is 0 Å². The molecule has 4 heteroatoms. The molecule has 1 aromatic rings. The molecule has 2 N–H and O–H groups in total. The minimum Gasteiger partial charge on any atom is -0.383 e. The van der Waals surface area contributed by atoms with Crippen LogP contribution in [0.5, 0.6) is 0 Å². The van der Waals surface area contributed by atoms with Crippen molar-refractivity contribution >= 4 is 0 Å². The van der Waals surface area contributed by atoms with Gasteiger partial charge in [0.25, 0.3) is 0 Å². The molecule has 0 aromatic carbocycles. The third kappa shape index (κ3) is 2.75. The van der Waals surface area contributed by atoms with Gasteiger partial charge >= 0.3 is 0 Å². The topological polar surface area (TPSA) is 45.1 Å². The van der Waals surface area contributed by atoms with E-state index in [1.807, 2.05) is 6.92 Å². The summed E-state index contributed by atoms with van der Waals surface area (Å²) in [5, 5.41) is 13.0. The largest absolute Gasteiger partial charge is 0.383 e. The normalized spacial score (nSPS) is 15.1. The lowest BCUT2D eigenvalue weighted by atomic mass is 10.0. The third-order valence-electron chi connectivity index (χ3n) is 2.00. The van der Waals surface area contributed by atoms with Crippen LogP contribution in [-0.4, -0.2) is 23.2 Å². The van der Waals surface area contributed by atoms with Gasteiger partial charge in [-0.1, -0.05) is 6.92 Å². The number of halogens is 1. The van der Waals surface area contributed by atoms with Gasteiger partial charge in [-0.2, -0.15) is 0 Å². The molecule has 3 nitrogen and oxygen atoms in total. The van der Waals surface area contributed by atoms with Gasteiger partial charge in [-0.05, 0) is 25.6 Å². The highest BCUT2D eigenvalue weighted by Crippen LogP contribution is 2.16. The predicted octanol–water partition coefficient (Wildman–Crippen LogP) is 1.04. The molecule has 78 valence electrons. The van der Waals surface area contributed by atoms with Crippen molar-refractivity contribution in [1.29, 1.82) is 0 Å². The third-order valence-corrected chi connectivity index (χ3v) is 2.00. The number of aliphatic hydroxyl groups is 1. The molecule has 0 saturated carbocycles. The zero-order valence-electron chi connectivity index (χ0n) is 8.42. The summed E-state index contributed by atoms with van der Waals surface area (Å²) in [5.74, 6) is -0.395. The summed E-state index contributed by atoms with van der Waals surface area (Å²) in [6.45, 7) is 4.78. The maximum Gasteiger partial charge on any atom is 0.141 e. The second-order valence-corrected chi connectivity index (χ2v) is 3.42. The summed E-state index contributed by atoms with van der Waals surface area (Å²) in [7, 11) is 0. The average Bonchev–Trinajstić information content (AvgIpc) is 2.16. The number of aromatic nitrogens is 1. The SMILES string of the molecule is CCNCC(C)(O)c1ccc(F)cn1. The second kappa shape index (κ2) is 4.48. The Morgan fingerprint density at radius 1 is 1.57 bits per heavy atom. The maximum absolute atomic E-state index is 12.6. The summed E-state index contributed by atoms with van der Waals surface area (Å²) in [6.07, 6.45) is 1.11. The molecular formula is C10H15FN2O. The number of pyridine rings is 1. The number of rotatable bonds is 4. The maximum atomic E-state index is 12.6. The van der Waals surface area contributed by atoms with E-state index < -0.39 is 11.4 Å². The van der Waals surface area contributed by atoms with Crippen molar-refractivity contribution in [1.82, 2.24) is 10.3 Å². The van der Waals surface area contributed by atoms with E-state index in [9.17, 15) is 9.50 Å². The Balaban J connectivity index is 2.75. The standard InChI is InChI=1S/C10H15FN2O/c1-3-12-7-10(2,14)9-5-4-8(11)6-13-9/h4-6,12,14H,3,7H2,1-2H3. The van der Waals surface area contributed by atoms with Crippen LogP contribution in [-0.2, 0) is 5.60 Å². The fourth-order valence-corrected chi connectivity index (χ4v) is 1.15. The Kier molecular flexibility index (Phi) is 3.55. The summed E-state index contributed by atoms with van der Waals surface area (Å²) in [6, 6.07) is 2.79. The second-order valence-electron chi connectivity index (χ2n) is 3.42. The van der Waals surface area contributed by atoms with Crippen LogP contribution in [0.4, 0.5) is 4.39 Å². The van der Waals surface area contributed by atoms with Crippen LogP contribution in [0.3, 0.4) is 0 Å². The Morgan fingerprint density at radius 3 is 2.79 bits per heavy atom. The lowest BCUT2D eigenvalue weighted by molar-refractivity contribution is 0.0530. The van der Waals surface area contributed by atoms with Crippen molar-refractivity contribution < 1.29 is 9.50 Å². The van der Waals surface area contributed by atoms with E-state index in [1.54, 1.807) is 6.92 Å². The highest BCUT2D eigenvalue weighted by Gasteiger charge is 2.23. The van der Waals surface area contributed by atoms with Gasteiger partial charge in [-0.15, -0.1) is 0 Å². The van der Waals surface area contributed by atoms with Gasteiger partial charge in [-0.25, -0.2) is 4.39 Å². The molecule has 0 saturated heterocycles. The molecule has 0 aliphatic rings. The number of hydrogen-bond donors (Lipinski definition) is 2. The van der Waals surface area contributed by atoms with Crippen molar-refractivity contribution in [2.75, 3.05) is 13.1 Å². The lowest BCUT2D eigenvalue weighted by Gasteiger charge is -2.22. The molecule has 0 aliphatic carbocycles. The predicted molar refractivity (Wildman–Crippen MR) is 52.3 cm³/mol. The molecule has 14 heavy (non-hydrogen) atoms. The van der Waals surface area contributed by atoms with E-state index in [-0.39, 0.29) is 0 Å². The van der Waals surface area contributed by atoms with Crippen LogP contribution in [0, 0.1) is 5.82 Å². The van der Waals surface area contributed by atoms with Crippen LogP contribution in [0.1, 0.15) is 19.5 Å². The van der Waals surface area contributed by atoms with Crippen LogP contribution < -0.4 is 5.32 Å². The van der Waals surface area contributed by atoms with Gasteiger partial charge in [0.15, 0.2) is 0 Å². The Morgan fingerprint density at radius 2 is 2.29 bits per heavy atom. The van der Waals surface area contributed by atoms with Crippen molar-refractivity contribution in [2.45, 2.75) is 19.4 Å². The van der Waals surface area contributed by atoms with Gasteiger partial charge in [-0.3, -0.25) is 4.98 Å². The summed E-state index contributed by atoms with van der Waals surface area (Å²) >= 11 is 0. The van der Waals surface area contributed by atoms with Crippen molar-refractivity contribution in [3.8, 4) is 0 Å². The Hall–Kier alpha value is -1.00. The molecule has 0 spiro atoms. The lowest BCUT2D eigenvalue weighted by Crippen LogP contribution is -2.36.